The number of nitrogens with zero attached hydrogens (tertiary/aromatic N) is 3. The lowest BCUT2D eigenvalue weighted by Crippen LogP contribution is -2.16. The molecule has 1 heterocycles. The third-order valence-corrected chi connectivity index (χ3v) is 3.90. The number of primary amides is 1. The maximum absolute atomic E-state index is 12.9. The highest BCUT2D eigenvalue weighted by Crippen LogP contribution is 2.37. The minimum atomic E-state index is -4.43. The van der Waals surface area contributed by atoms with Crippen molar-refractivity contribution in [1.82, 2.24) is 14.8 Å². The molecule has 8 heteroatoms. The van der Waals surface area contributed by atoms with Crippen LogP contribution in [0.5, 0.6) is 0 Å². The Bertz CT molecular complexity index is 735. The van der Waals surface area contributed by atoms with Crippen molar-refractivity contribution in [2.45, 2.75) is 37.8 Å². The van der Waals surface area contributed by atoms with Crippen LogP contribution < -0.4 is 5.73 Å². The van der Waals surface area contributed by atoms with Gasteiger partial charge < -0.3 is 5.73 Å². The fraction of sp³-hybridized carbons (Fsp3) is 0.400. The van der Waals surface area contributed by atoms with E-state index < -0.39 is 17.6 Å². The molecule has 23 heavy (non-hydrogen) atoms. The van der Waals surface area contributed by atoms with Crippen LogP contribution >= 0.6 is 0 Å². The highest BCUT2D eigenvalue weighted by molar-refractivity contribution is 5.75. The Morgan fingerprint density at radius 3 is 2.65 bits per heavy atom. The number of amides is 1. The average Bonchev–Trinajstić information content (AvgIpc) is 2.78. The first kappa shape index (κ1) is 15.5. The molecule has 0 spiro atoms. The van der Waals surface area contributed by atoms with E-state index in [-0.39, 0.29) is 23.9 Å². The molecule has 0 aliphatic heterocycles. The minimum Gasteiger partial charge on any atom is -0.369 e. The average molecular weight is 324 g/mol. The zero-order valence-corrected chi connectivity index (χ0v) is 12.2. The standard InChI is InChI=1S/C15H15F3N4O/c16-15(17,18)10-5-2-6-11(7-10)22-14(9-3-1-4-9)20-13(21-22)8-12(19)23/h2,5-7,9H,1,3-4,8H2,(H2,19,23). The number of carbonyl (C=O) groups is 1. The van der Waals surface area contributed by atoms with Gasteiger partial charge in [-0.15, -0.1) is 0 Å². The molecule has 122 valence electrons. The van der Waals surface area contributed by atoms with Crippen molar-refractivity contribution < 1.29 is 18.0 Å². The number of benzene rings is 1. The minimum absolute atomic E-state index is 0.133. The van der Waals surface area contributed by atoms with Crippen LogP contribution in [0.15, 0.2) is 24.3 Å². The number of halogens is 3. The Morgan fingerprint density at radius 2 is 2.09 bits per heavy atom. The SMILES string of the molecule is NC(=O)Cc1nc(C2CCC2)n(-c2cccc(C(F)(F)F)c2)n1. The highest BCUT2D eigenvalue weighted by atomic mass is 19.4. The van der Waals surface area contributed by atoms with Gasteiger partial charge in [0.2, 0.25) is 5.91 Å². The molecule has 1 amide bonds. The lowest BCUT2D eigenvalue weighted by molar-refractivity contribution is -0.137. The zero-order valence-electron chi connectivity index (χ0n) is 12.2. The number of nitrogens with two attached hydrogens (primary N) is 1. The molecule has 0 radical (unpaired) electrons. The Kier molecular flexibility index (Phi) is 3.83. The van der Waals surface area contributed by atoms with Gasteiger partial charge in [-0.05, 0) is 31.0 Å². The van der Waals surface area contributed by atoms with Crippen molar-refractivity contribution in [3.63, 3.8) is 0 Å². The topological polar surface area (TPSA) is 73.8 Å². The Balaban J connectivity index is 2.03. The molecular weight excluding hydrogens is 309 g/mol. The molecular formula is C15H15F3N4O. The quantitative estimate of drug-likeness (QED) is 0.939. The largest absolute Gasteiger partial charge is 0.416 e. The van der Waals surface area contributed by atoms with Crippen molar-refractivity contribution >= 4 is 5.91 Å². The number of hydrogen-bond acceptors (Lipinski definition) is 3. The second kappa shape index (κ2) is 5.68. The molecule has 1 aliphatic carbocycles. The molecule has 0 unspecified atom stereocenters. The molecule has 1 saturated carbocycles. The van der Waals surface area contributed by atoms with Gasteiger partial charge in [-0.2, -0.15) is 18.3 Å². The van der Waals surface area contributed by atoms with Crippen molar-refractivity contribution in [2.75, 3.05) is 0 Å². The van der Waals surface area contributed by atoms with Gasteiger partial charge in [0, 0.05) is 5.92 Å². The molecule has 1 fully saturated rings. The second-order valence-corrected chi connectivity index (χ2v) is 5.62. The van der Waals surface area contributed by atoms with Crippen LogP contribution in [-0.4, -0.2) is 20.7 Å². The smallest absolute Gasteiger partial charge is 0.369 e. The molecule has 1 aromatic carbocycles. The van der Waals surface area contributed by atoms with Gasteiger partial charge in [-0.3, -0.25) is 4.79 Å². The summed E-state index contributed by atoms with van der Waals surface area (Å²) in [7, 11) is 0. The monoisotopic (exact) mass is 324 g/mol. The summed E-state index contributed by atoms with van der Waals surface area (Å²) >= 11 is 0. The molecule has 1 aliphatic rings. The number of aromatic nitrogens is 3. The van der Waals surface area contributed by atoms with Crippen LogP contribution in [0, 0.1) is 0 Å². The maximum atomic E-state index is 12.9. The summed E-state index contributed by atoms with van der Waals surface area (Å²) in [6.45, 7) is 0. The molecule has 0 saturated heterocycles. The third-order valence-electron chi connectivity index (χ3n) is 3.90. The lowest BCUT2D eigenvalue weighted by atomic mass is 9.85. The van der Waals surface area contributed by atoms with E-state index in [1.54, 1.807) is 6.07 Å². The van der Waals surface area contributed by atoms with E-state index >= 15 is 0 Å². The van der Waals surface area contributed by atoms with E-state index in [1.165, 1.54) is 10.7 Å². The Morgan fingerprint density at radius 1 is 1.35 bits per heavy atom. The molecule has 0 atom stereocenters. The van der Waals surface area contributed by atoms with E-state index in [9.17, 15) is 18.0 Å². The van der Waals surface area contributed by atoms with Crippen LogP contribution in [0.3, 0.4) is 0 Å². The lowest BCUT2D eigenvalue weighted by Gasteiger charge is -2.24. The van der Waals surface area contributed by atoms with Gasteiger partial charge in [0.05, 0.1) is 17.7 Å². The molecule has 3 rings (SSSR count). The van der Waals surface area contributed by atoms with Gasteiger partial charge in [-0.1, -0.05) is 12.5 Å². The van der Waals surface area contributed by atoms with Crippen molar-refractivity contribution in [3.05, 3.63) is 41.5 Å². The van der Waals surface area contributed by atoms with Crippen molar-refractivity contribution in [2.24, 2.45) is 5.73 Å². The van der Waals surface area contributed by atoms with Gasteiger partial charge >= 0.3 is 6.18 Å². The van der Waals surface area contributed by atoms with E-state index in [4.69, 9.17) is 5.73 Å². The molecule has 2 N–H and O–H groups in total. The van der Waals surface area contributed by atoms with E-state index in [0.29, 0.717) is 5.82 Å². The number of hydrogen-bond donors (Lipinski definition) is 1. The summed E-state index contributed by atoms with van der Waals surface area (Å²) in [4.78, 5) is 15.4. The normalized spacial score (nSPS) is 15.4. The first-order chi connectivity index (χ1) is 10.8. The molecule has 2 aromatic rings. The number of alkyl halides is 3. The van der Waals surface area contributed by atoms with E-state index in [0.717, 1.165) is 31.4 Å². The molecule has 5 nitrogen and oxygen atoms in total. The summed E-state index contributed by atoms with van der Waals surface area (Å²) < 4.78 is 40.1. The highest BCUT2D eigenvalue weighted by Gasteiger charge is 2.32. The Labute approximate surface area is 130 Å². The van der Waals surface area contributed by atoms with Crippen LogP contribution in [-0.2, 0) is 17.4 Å². The number of carbonyl (C=O) groups excluding carboxylic acids is 1. The van der Waals surface area contributed by atoms with E-state index in [1.807, 2.05) is 0 Å². The maximum Gasteiger partial charge on any atom is 0.416 e. The zero-order chi connectivity index (χ0) is 16.6. The van der Waals surface area contributed by atoms with E-state index in [2.05, 4.69) is 10.1 Å². The summed E-state index contributed by atoms with van der Waals surface area (Å²) in [6.07, 6.45) is -1.69. The fourth-order valence-corrected chi connectivity index (χ4v) is 2.53. The number of rotatable bonds is 4. The van der Waals surface area contributed by atoms with Crippen LogP contribution in [0.1, 0.15) is 42.4 Å². The van der Waals surface area contributed by atoms with Gasteiger partial charge in [0.15, 0.2) is 5.82 Å². The summed E-state index contributed by atoms with van der Waals surface area (Å²) in [5, 5.41) is 4.18. The first-order valence-corrected chi connectivity index (χ1v) is 7.26. The predicted molar refractivity (Wildman–Crippen MR) is 75.9 cm³/mol. The van der Waals surface area contributed by atoms with Crippen molar-refractivity contribution in [3.8, 4) is 5.69 Å². The summed E-state index contributed by atoms with van der Waals surface area (Å²) in [5.74, 6) is 0.397. The second-order valence-electron chi connectivity index (χ2n) is 5.62. The van der Waals surface area contributed by atoms with Gasteiger partial charge in [0.1, 0.15) is 5.82 Å². The Hall–Kier alpha value is -2.38. The fourth-order valence-electron chi connectivity index (χ4n) is 2.53. The summed E-state index contributed by atoms with van der Waals surface area (Å²) in [6, 6.07) is 4.91. The van der Waals surface area contributed by atoms with Crippen LogP contribution in [0.25, 0.3) is 5.69 Å². The third kappa shape index (κ3) is 3.20. The predicted octanol–water partition coefficient (Wildman–Crippen LogP) is 2.58. The van der Waals surface area contributed by atoms with Gasteiger partial charge in [-0.25, -0.2) is 9.67 Å². The van der Waals surface area contributed by atoms with Crippen LogP contribution in [0.2, 0.25) is 0 Å². The van der Waals surface area contributed by atoms with Crippen LogP contribution in [0.4, 0.5) is 13.2 Å². The van der Waals surface area contributed by atoms with Gasteiger partial charge in [0.25, 0.3) is 0 Å². The van der Waals surface area contributed by atoms with Crippen molar-refractivity contribution in [1.29, 1.82) is 0 Å². The first-order valence-electron chi connectivity index (χ1n) is 7.26. The molecule has 1 aromatic heterocycles. The molecule has 0 bridgehead atoms. The summed E-state index contributed by atoms with van der Waals surface area (Å²) in [5.41, 5.74) is 4.68.